The molecular formula is C27H21N3O4S. The quantitative estimate of drug-likeness (QED) is 0.217. The number of aromatic amines is 1. The van der Waals surface area contributed by atoms with Gasteiger partial charge in [-0.25, -0.2) is 0 Å². The van der Waals surface area contributed by atoms with Crippen molar-refractivity contribution in [2.75, 3.05) is 6.79 Å². The largest absolute Gasteiger partial charge is 0.454 e. The van der Waals surface area contributed by atoms with E-state index >= 15 is 0 Å². The van der Waals surface area contributed by atoms with Crippen LogP contribution >= 0.6 is 11.8 Å². The third kappa shape index (κ3) is 3.95. The minimum Gasteiger partial charge on any atom is -0.454 e. The molecule has 174 valence electrons. The van der Waals surface area contributed by atoms with Crippen LogP contribution in [0.1, 0.15) is 33.7 Å². The topological polar surface area (TPSA) is 90.2 Å². The zero-order valence-electron chi connectivity index (χ0n) is 18.9. The van der Waals surface area contributed by atoms with E-state index in [0.29, 0.717) is 28.2 Å². The Balaban J connectivity index is 1.34. The number of benzene rings is 3. The van der Waals surface area contributed by atoms with Crippen LogP contribution in [-0.4, -0.2) is 27.8 Å². The van der Waals surface area contributed by atoms with E-state index in [4.69, 9.17) is 13.9 Å². The van der Waals surface area contributed by atoms with Crippen molar-refractivity contribution in [2.24, 2.45) is 0 Å². The Morgan fingerprint density at radius 2 is 1.89 bits per heavy atom. The fourth-order valence-electron chi connectivity index (χ4n) is 4.26. The molecule has 1 aliphatic heterocycles. The summed E-state index contributed by atoms with van der Waals surface area (Å²) >= 11 is 1.25. The Kier molecular flexibility index (Phi) is 5.50. The molecule has 3 heterocycles. The number of para-hydroxylation sites is 1. The first-order valence-corrected chi connectivity index (χ1v) is 12.2. The zero-order valence-corrected chi connectivity index (χ0v) is 19.7. The zero-order chi connectivity index (χ0) is 23.8. The number of Topliss-reactive ketones (excluding diaryl/α,β-unsaturated/α-hetero) is 1. The van der Waals surface area contributed by atoms with Crippen LogP contribution in [0.15, 0.2) is 82.6 Å². The highest BCUT2D eigenvalue weighted by atomic mass is 32.2. The van der Waals surface area contributed by atoms with Crippen molar-refractivity contribution in [3.8, 4) is 23.0 Å². The second-order valence-corrected chi connectivity index (χ2v) is 9.17. The van der Waals surface area contributed by atoms with Gasteiger partial charge in [-0.2, -0.15) is 0 Å². The number of rotatable bonds is 7. The Morgan fingerprint density at radius 3 is 2.74 bits per heavy atom. The summed E-state index contributed by atoms with van der Waals surface area (Å²) < 4.78 is 16.8. The van der Waals surface area contributed by atoms with Crippen molar-refractivity contribution < 1.29 is 18.7 Å². The minimum absolute atomic E-state index is 0.0245. The number of thioether (sulfide) groups is 1. The SMILES string of the molecule is CCc1cccc2c(C(=O)C(Sc3nnc(-c4ccc5c(c4)OCO5)o3)c3ccccc3)c[nH]c12. The second kappa shape index (κ2) is 8.96. The molecule has 1 N–H and O–H groups in total. The molecule has 0 saturated carbocycles. The summed E-state index contributed by atoms with van der Waals surface area (Å²) in [5.74, 6) is 1.65. The lowest BCUT2D eigenvalue weighted by Gasteiger charge is -2.13. The van der Waals surface area contributed by atoms with Gasteiger partial charge in [0.05, 0.1) is 0 Å². The Bertz CT molecular complexity index is 1530. The lowest BCUT2D eigenvalue weighted by Crippen LogP contribution is -2.09. The molecule has 3 aromatic carbocycles. The molecule has 0 bridgehead atoms. The van der Waals surface area contributed by atoms with Crippen LogP contribution in [0.25, 0.3) is 22.4 Å². The molecule has 0 amide bonds. The highest BCUT2D eigenvalue weighted by Crippen LogP contribution is 2.40. The monoisotopic (exact) mass is 483 g/mol. The van der Waals surface area contributed by atoms with Crippen LogP contribution in [0.5, 0.6) is 11.5 Å². The van der Waals surface area contributed by atoms with Crippen molar-refractivity contribution in [1.29, 1.82) is 0 Å². The molecular weight excluding hydrogens is 462 g/mol. The maximum atomic E-state index is 13.9. The molecule has 1 aliphatic rings. The van der Waals surface area contributed by atoms with Crippen LogP contribution in [0.3, 0.4) is 0 Å². The van der Waals surface area contributed by atoms with E-state index in [1.54, 1.807) is 12.3 Å². The molecule has 6 rings (SSSR count). The fourth-order valence-corrected chi connectivity index (χ4v) is 5.21. The highest BCUT2D eigenvalue weighted by molar-refractivity contribution is 8.00. The number of ether oxygens (including phenoxy) is 2. The molecule has 5 aromatic rings. The molecule has 0 radical (unpaired) electrons. The number of ketones is 1. The van der Waals surface area contributed by atoms with Crippen LogP contribution in [-0.2, 0) is 6.42 Å². The van der Waals surface area contributed by atoms with Gasteiger partial charge in [-0.1, -0.05) is 55.5 Å². The minimum atomic E-state index is -0.550. The standard InChI is InChI=1S/C27H21N3O4S/c1-2-16-9-6-10-19-20(14-28-23(16)19)24(31)25(17-7-4-3-5-8-17)35-27-30-29-26(34-27)18-11-12-21-22(13-18)33-15-32-21/h3-14,25,28H,2,15H2,1H3. The first kappa shape index (κ1) is 21.5. The van der Waals surface area contributed by atoms with Crippen LogP contribution in [0, 0.1) is 0 Å². The van der Waals surface area contributed by atoms with E-state index in [9.17, 15) is 4.79 Å². The summed E-state index contributed by atoms with van der Waals surface area (Å²) in [4.78, 5) is 17.2. The van der Waals surface area contributed by atoms with Crippen molar-refractivity contribution >= 4 is 28.4 Å². The molecule has 1 atom stereocenters. The number of nitrogens with one attached hydrogen (secondary N) is 1. The van der Waals surface area contributed by atoms with Gasteiger partial charge >= 0.3 is 0 Å². The van der Waals surface area contributed by atoms with Crippen LogP contribution in [0.2, 0.25) is 0 Å². The number of fused-ring (bicyclic) bond motifs is 2. The number of aromatic nitrogens is 3. The van der Waals surface area contributed by atoms with E-state index in [-0.39, 0.29) is 12.6 Å². The fraction of sp³-hybridized carbons (Fsp3) is 0.148. The van der Waals surface area contributed by atoms with Crippen molar-refractivity contribution in [1.82, 2.24) is 15.2 Å². The van der Waals surface area contributed by atoms with E-state index in [1.807, 2.05) is 54.6 Å². The Labute approximate surface area is 205 Å². The summed E-state index contributed by atoms with van der Waals surface area (Å²) in [6.07, 6.45) is 2.68. The number of H-pyrrole nitrogens is 1. The molecule has 1 unspecified atom stereocenters. The summed E-state index contributed by atoms with van der Waals surface area (Å²) in [6, 6.07) is 21.2. The summed E-state index contributed by atoms with van der Waals surface area (Å²) in [6.45, 7) is 2.30. The van der Waals surface area contributed by atoms with Gasteiger partial charge in [-0.05, 0) is 47.5 Å². The normalized spacial score (nSPS) is 13.3. The van der Waals surface area contributed by atoms with Gasteiger partial charge in [0.15, 0.2) is 17.3 Å². The first-order valence-electron chi connectivity index (χ1n) is 11.3. The van der Waals surface area contributed by atoms with Gasteiger partial charge in [-0.3, -0.25) is 4.79 Å². The van der Waals surface area contributed by atoms with Gasteiger partial charge in [0.1, 0.15) is 5.25 Å². The highest BCUT2D eigenvalue weighted by Gasteiger charge is 2.28. The average molecular weight is 484 g/mol. The maximum Gasteiger partial charge on any atom is 0.277 e. The van der Waals surface area contributed by atoms with E-state index < -0.39 is 5.25 Å². The molecule has 2 aromatic heterocycles. The molecule has 7 nitrogen and oxygen atoms in total. The summed E-state index contributed by atoms with van der Waals surface area (Å²) in [5.41, 5.74) is 4.41. The number of hydrogen-bond donors (Lipinski definition) is 1. The molecule has 8 heteroatoms. The number of hydrogen-bond acceptors (Lipinski definition) is 7. The predicted molar refractivity (Wildman–Crippen MR) is 133 cm³/mol. The molecule has 0 spiro atoms. The summed E-state index contributed by atoms with van der Waals surface area (Å²) in [7, 11) is 0. The van der Waals surface area contributed by atoms with Crippen LogP contribution < -0.4 is 9.47 Å². The van der Waals surface area contributed by atoms with Crippen LogP contribution in [0.4, 0.5) is 0 Å². The summed E-state index contributed by atoms with van der Waals surface area (Å²) in [5, 5.41) is 9.10. The van der Waals surface area contributed by atoms with Gasteiger partial charge in [0.25, 0.3) is 5.22 Å². The second-order valence-electron chi connectivity index (χ2n) is 8.11. The third-order valence-electron chi connectivity index (χ3n) is 6.03. The van der Waals surface area contributed by atoms with Crippen molar-refractivity contribution in [2.45, 2.75) is 23.8 Å². The molecule has 35 heavy (non-hydrogen) atoms. The van der Waals surface area contributed by atoms with Gasteiger partial charge in [0, 0.05) is 28.2 Å². The first-order chi connectivity index (χ1) is 17.2. The van der Waals surface area contributed by atoms with E-state index in [0.717, 1.165) is 28.5 Å². The lowest BCUT2D eigenvalue weighted by molar-refractivity contribution is 0.0990. The molecule has 0 fully saturated rings. The van der Waals surface area contributed by atoms with Gasteiger partial charge in [0.2, 0.25) is 12.7 Å². The lowest BCUT2D eigenvalue weighted by atomic mass is 10.0. The Morgan fingerprint density at radius 1 is 1.03 bits per heavy atom. The maximum absolute atomic E-state index is 13.9. The predicted octanol–water partition coefficient (Wildman–Crippen LogP) is 6.23. The molecule has 0 saturated heterocycles. The Hall–Kier alpha value is -4.04. The van der Waals surface area contributed by atoms with Crippen molar-refractivity contribution in [3.05, 3.63) is 89.6 Å². The van der Waals surface area contributed by atoms with Gasteiger partial charge in [-0.15, -0.1) is 10.2 Å². The van der Waals surface area contributed by atoms with E-state index in [2.05, 4.69) is 28.2 Å². The number of aryl methyl sites for hydroxylation is 1. The smallest absolute Gasteiger partial charge is 0.277 e. The van der Waals surface area contributed by atoms with E-state index in [1.165, 1.54) is 17.3 Å². The average Bonchev–Trinajstić information content (AvgIpc) is 3.66. The molecule has 0 aliphatic carbocycles. The van der Waals surface area contributed by atoms with Gasteiger partial charge < -0.3 is 18.9 Å². The third-order valence-corrected chi connectivity index (χ3v) is 7.12. The number of carbonyl (C=O) groups is 1. The number of carbonyl (C=O) groups excluding carboxylic acids is 1. The number of nitrogens with zero attached hydrogens (tertiary/aromatic N) is 2. The van der Waals surface area contributed by atoms with Crippen molar-refractivity contribution in [3.63, 3.8) is 0 Å².